The molecule has 1 N–H and O–H groups in total. The van der Waals surface area contributed by atoms with Gasteiger partial charge in [0.15, 0.2) is 0 Å². The van der Waals surface area contributed by atoms with Gasteiger partial charge in [0.1, 0.15) is 5.82 Å². The largest absolute Gasteiger partial charge is 0.411 e. The van der Waals surface area contributed by atoms with Crippen molar-refractivity contribution in [2.45, 2.75) is 6.92 Å². The molecule has 1 aromatic rings. The minimum atomic E-state index is -0.250. The van der Waals surface area contributed by atoms with E-state index in [-0.39, 0.29) is 5.82 Å². The highest BCUT2D eigenvalue weighted by Crippen LogP contribution is 2.06. The first-order valence-electron chi connectivity index (χ1n) is 3.17. The maximum atomic E-state index is 12.6. The standard InChI is InChI=1S/C8H8FNO/c1-6-4-7(5-10-11)2-3-8(6)9/h2-5,11H,1H3/b10-5-. The summed E-state index contributed by atoms with van der Waals surface area (Å²) >= 11 is 0. The highest BCUT2D eigenvalue weighted by atomic mass is 19.1. The molecule has 0 aliphatic heterocycles. The van der Waals surface area contributed by atoms with Crippen molar-refractivity contribution in [1.29, 1.82) is 0 Å². The molecule has 0 saturated carbocycles. The van der Waals surface area contributed by atoms with Crippen molar-refractivity contribution in [1.82, 2.24) is 0 Å². The fourth-order valence-corrected chi connectivity index (χ4v) is 0.815. The van der Waals surface area contributed by atoms with Crippen molar-refractivity contribution in [2.75, 3.05) is 0 Å². The molecule has 11 heavy (non-hydrogen) atoms. The van der Waals surface area contributed by atoms with Gasteiger partial charge in [0.25, 0.3) is 0 Å². The maximum absolute atomic E-state index is 12.6. The minimum absolute atomic E-state index is 0.250. The van der Waals surface area contributed by atoms with E-state index in [1.54, 1.807) is 19.1 Å². The van der Waals surface area contributed by atoms with Gasteiger partial charge in [-0.1, -0.05) is 11.2 Å². The summed E-state index contributed by atoms with van der Waals surface area (Å²) in [5.74, 6) is -0.250. The lowest BCUT2D eigenvalue weighted by molar-refractivity contribution is 0.322. The smallest absolute Gasteiger partial charge is 0.126 e. The van der Waals surface area contributed by atoms with E-state index in [9.17, 15) is 4.39 Å². The van der Waals surface area contributed by atoms with Gasteiger partial charge in [0.05, 0.1) is 6.21 Å². The molecule has 1 aromatic carbocycles. The Morgan fingerprint density at radius 3 is 2.82 bits per heavy atom. The number of hydrogen-bond donors (Lipinski definition) is 1. The van der Waals surface area contributed by atoms with Gasteiger partial charge < -0.3 is 5.21 Å². The van der Waals surface area contributed by atoms with E-state index in [0.29, 0.717) is 11.1 Å². The van der Waals surface area contributed by atoms with E-state index < -0.39 is 0 Å². The fourth-order valence-electron chi connectivity index (χ4n) is 0.815. The predicted octanol–water partition coefficient (Wildman–Crippen LogP) is 1.94. The van der Waals surface area contributed by atoms with Crippen molar-refractivity contribution in [2.24, 2.45) is 5.16 Å². The number of oxime groups is 1. The van der Waals surface area contributed by atoms with Crippen LogP contribution in [0.5, 0.6) is 0 Å². The number of hydrogen-bond acceptors (Lipinski definition) is 2. The van der Waals surface area contributed by atoms with Crippen LogP contribution in [0.4, 0.5) is 4.39 Å². The summed E-state index contributed by atoms with van der Waals surface area (Å²) in [5.41, 5.74) is 1.23. The first kappa shape index (κ1) is 7.72. The minimum Gasteiger partial charge on any atom is -0.411 e. The van der Waals surface area contributed by atoms with Crippen LogP contribution in [0, 0.1) is 12.7 Å². The highest BCUT2D eigenvalue weighted by Gasteiger charge is 1.95. The number of benzene rings is 1. The Bertz CT molecular complexity index is 283. The van der Waals surface area contributed by atoms with E-state index in [1.807, 2.05) is 0 Å². The van der Waals surface area contributed by atoms with E-state index in [4.69, 9.17) is 5.21 Å². The molecule has 0 unspecified atom stereocenters. The molecule has 0 saturated heterocycles. The van der Waals surface area contributed by atoms with Crippen LogP contribution < -0.4 is 0 Å². The summed E-state index contributed by atoms with van der Waals surface area (Å²) < 4.78 is 12.6. The van der Waals surface area contributed by atoms with Crippen molar-refractivity contribution in [3.8, 4) is 0 Å². The third-order valence-electron chi connectivity index (χ3n) is 1.39. The Morgan fingerprint density at radius 2 is 2.27 bits per heavy atom. The van der Waals surface area contributed by atoms with E-state index in [0.717, 1.165) is 0 Å². The second-order valence-corrected chi connectivity index (χ2v) is 2.25. The molecule has 1 rings (SSSR count). The van der Waals surface area contributed by atoms with Crippen LogP contribution in [-0.4, -0.2) is 11.4 Å². The molecule has 2 nitrogen and oxygen atoms in total. The van der Waals surface area contributed by atoms with Crippen molar-refractivity contribution in [3.63, 3.8) is 0 Å². The van der Waals surface area contributed by atoms with Gasteiger partial charge in [0.2, 0.25) is 0 Å². The molecular weight excluding hydrogens is 145 g/mol. The first-order valence-corrected chi connectivity index (χ1v) is 3.17. The molecule has 0 radical (unpaired) electrons. The third kappa shape index (κ3) is 1.77. The molecule has 0 fully saturated rings. The van der Waals surface area contributed by atoms with Crippen LogP contribution in [-0.2, 0) is 0 Å². The van der Waals surface area contributed by atoms with E-state index >= 15 is 0 Å². The Kier molecular flexibility index (Phi) is 2.21. The van der Waals surface area contributed by atoms with Gasteiger partial charge in [-0.2, -0.15) is 0 Å². The quantitative estimate of drug-likeness (QED) is 0.373. The predicted molar refractivity (Wildman–Crippen MR) is 40.5 cm³/mol. The van der Waals surface area contributed by atoms with Crippen molar-refractivity contribution < 1.29 is 9.60 Å². The molecule has 0 bridgehead atoms. The average molecular weight is 153 g/mol. The average Bonchev–Trinajstić information content (AvgIpc) is 1.98. The zero-order valence-electron chi connectivity index (χ0n) is 6.08. The number of nitrogens with zero attached hydrogens (tertiary/aromatic N) is 1. The molecule has 0 aromatic heterocycles. The second kappa shape index (κ2) is 3.14. The third-order valence-corrected chi connectivity index (χ3v) is 1.39. The summed E-state index contributed by atoms with van der Waals surface area (Å²) in [4.78, 5) is 0. The first-order chi connectivity index (χ1) is 5.24. The van der Waals surface area contributed by atoms with Gasteiger partial charge >= 0.3 is 0 Å². The van der Waals surface area contributed by atoms with Crippen molar-refractivity contribution in [3.05, 3.63) is 35.1 Å². The van der Waals surface area contributed by atoms with Gasteiger partial charge in [-0.05, 0) is 30.2 Å². The number of halogens is 1. The summed E-state index contributed by atoms with van der Waals surface area (Å²) in [5, 5.41) is 11.0. The van der Waals surface area contributed by atoms with Gasteiger partial charge in [0, 0.05) is 0 Å². The van der Waals surface area contributed by atoms with Gasteiger partial charge in [-0.25, -0.2) is 4.39 Å². The lowest BCUT2D eigenvalue weighted by Crippen LogP contribution is -1.86. The zero-order valence-corrected chi connectivity index (χ0v) is 6.08. The molecule has 0 aliphatic rings. The summed E-state index contributed by atoms with van der Waals surface area (Å²) in [7, 11) is 0. The van der Waals surface area contributed by atoms with Crippen LogP contribution >= 0.6 is 0 Å². The summed E-state index contributed by atoms with van der Waals surface area (Å²) in [6.45, 7) is 1.66. The molecule has 0 spiro atoms. The van der Waals surface area contributed by atoms with Crippen LogP contribution in [0.2, 0.25) is 0 Å². The highest BCUT2D eigenvalue weighted by molar-refractivity contribution is 5.79. The van der Waals surface area contributed by atoms with Crippen molar-refractivity contribution >= 4 is 6.21 Å². The Hall–Kier alpha value is -1.38. The topological polar surface area (TPSA) is 32.6 Å². The Morgan fingerprint density at radius 1 is 1.55 bits per heavy atom. The summed E-state index contributed by atoms with van der Waals surface area (Å²) in [6, 6.07) is 4.49. The van der Waals surface area contributed by atoms with Crippen LogP contribution in [0.15, 0.2) is 23.4 Å². The van der Waals surface area contributed by atoms with E-state index in [2.05, 4.69) is 5.16 Å². The number of aryl methyl sites for hydroxylation is 1. The fraction of sp³-hybridized carbons (Fsp3) is 0.125. The SMILES string of the molecule is Cc1cc(/C=N\O)ccc1F. The molecule has 0 aliphatic carbocycles. The van der Waals surface area contributed by atoms with Crippen LogP contribution in [0.1, 0.15) is 11.1 Å². The number of rotatable bonds is 1. The lowest BCUT2D eigenvalue weighted by atomic mass is 10.1. The Labute approximate surface area is 64.0 Å². The maximum Gasteiger partial charge on any atom is 0.126 e. The molecule has 0 atom stereocenters. The second-order valence-electron chi connectivity index (χ2n) is 2.25. The zero-order chi connectivity index (χ0) is 8.27. The molecular formula is C8H8FNO. The molecule has 0 heterocycles. The molecule has 3 heteroatoms. The Balaban J connectivity index is 3.05. The van der Waals surface area contributed by atoms with E-state index in [1.165, 1.54) is 12.3 Å². The molecule has 0 amide bonds. The molecule has 58 valence electrons. The van der Waals surface area contributed by atoms with Crippen LogP contribution in [0.3, 0.4) is 0 Å². The normalized spacial score (nSPS) is 10.7. The van der Waals surface area contributed by atoms with Crippen LogP contribution in [0.25, 0.3) is 0 Å². The summed E-state index contributed by atoms with van der Waals surface area (Å²) in [6.07, 6.45) is 1.26. The monoisotopic (exact) mass is 153 g/mol. The van der Waals surface area contributed by atoms with Gasteiger partial charge in [-0.3, -0.25) is 0 Å². The van der Waals surface area contributed by atoms with Gasteiger partial charge in [-0.15, -0.1) is 0 Å². The lowest BCUT2D eigenvalue weighted by Gasteiger charge is -1.95.